The first-order valence-corrected chi connectivity index (χ1v) is 6.06. The summed E-state index contributed by atoms with van der Waals surface area (Å²) < 4.78 is 5.20. The molecular weight excluding hydrogens is 236 g/mol. The van der Waals surface area contributed by atoms with Crippen molar-refractivity contribution >= 4 is 11.3 Å². The van der Waals surface area contributed by atoms with Gasteiger partial charge < -0.3 is 9.84 Å². The van der Waals surface area contributed by atoms with Gasteiger partial charge in [0.1, 0.15) is 17.5 Å². The van der Waals surface area contributed by atoms with Crippen LogP contribution in [0.5, 0.6) is 5.75 Å². The van der Waals surface area contributed by atoms with E-state index in [1.807, 2.05) is 13.8 Å². The van der Waals surface area contributed by atoms with Crippen molar-refractivity contribution in [2.45, 2.75) is 20.0 Å². The van der Waals surface area contributed by atoms with Crippen molar-refractivity contribution in [3.05, 3.63) is 39.6 Å². The lowest BCUT2D eigenvalue weighted by Gasteiger charge is -2.12. The largest absolute Gasteiger partial charge is 0.495 e. The molecule has 2 heterocycles. The first kappa shape index (κ1) is 12.0. The molecule has 0 saturated carbocycles. The summed E-state index contributed by atoms with van der Waals surface area (Å²) in [6.45, 7) is 3.81. The van der Waals surface area contributed by atoms with Gasteiger partial charge in [-0.1, -0.05) is 0 Å². The number of aliphatic hydroxyl groups is 1. The molecule has 0 saturated heterocycles. The van der Waals surface area contributed by atoms with Gasteiger partial charge in [-0.05, 0) is 26.0 Å². The Morgan fingerprint density at radius 3 is 2.76 bits per heavy atom. The summed E-state index contributed by atoms with van der Waals surface area (Å²) in [6.07, 6.45) is 0.863. The van der Waals surface area contributed by atoms with E-state index in [0.29, 0.717) is 11.4 Å². The zero-order valence-corrected chi connectivity index (χ0v) is 10.8. The molecule has 0 aliphatic carbocycles. The van der Waals surface area contributed by atoms with Crippen molar-refractivity contribution in [3.63, 3.8) is 0 Å². The Hall–Kier alpha value is -1.46. The maximum absolute atomic E-state index is 10.3. The van der Waals surface area contributed by atoms with E-state index >= 15 is 0 Å². The molecule has 5 heteroatoms. The van der Waals surface area contributed by atoms with Crippen LogP contribution in [0, 0.1) is 13.8 Å². The fourth-order valence-electron chi connectivity index (χ4n) is 1.71. The third-order valence-corrected chi connectivity index (χ3v) is 3.59. The molecule has 1 N–H and O–H groups in total. The minimum Gasteiger partial charge on any atom is -0.495 e. The van der Waals surface area contributed by atoms with Crippen LogP contribution in [0.2, 0.25) is 0 Å². The van der Waals surface area contributed by atoms with Gasteiger partial charge in [-0.3, -0.25) is 4.98 Å². The number of thiazole rings is 1. The highest BCUT2D eigenvalue weighted by molar-refractivity contribution is 7.11. The van der Waals surface area contributed by atoms with Gasteiger partial charge in [0, 0.05) is 6.20 Å². The summed E-state index contributed by atoms with van der Waals surface area (Å²) in [4.78, 5) is 9.30. The molecule has 2 rings (SSSR count). The predicted molar refractivity (Wildman–Crippen MR) is 66.4 cm³/mol. The summed E-state index contributed by atoms with van der Waals surface area (Å²) in [6, 6.07) is 3.56. The minimum absolute atomic E-state index is 0.529. The summed E-state index contributed by atoms with van der Waals surface area (Å²) in [5.41, 5.74) is 1.37. The maximum atomic E-state index is 10.3. The lowest BCUT2D eigenvalue weighted by Crippen LogP contribution is -2.04. The van der Waals surface area contributed by atoms with Crippen LogP contribution in [-0.2, 0) is 0 Å². The number of hydrogen-bond acceptors (Lipinski definition) is 5. The van der Waals surface area contributed by atoms with Crippen molar-refractivity contribution in [1.82, 2.24) is 9.97 Å². The molecule has 90 valence electrons. The molecule has 1 unspecified atom stereocenters. The summed E-state index contributed by atoms with van der Waals surface area (Å²) in [7, 11) is 1.57. The second-order valence-corrected chi connectivity index (χ2v) is 4.91. The predicted octanol–water partition coefficient (Wildman–Crippen LogP) is 2.25. The van der Waals surface area contributed by atoms with Crippen LogP contribution >= 0.6 is 11.3 Å². The highest BCUT2D eigenvalue weighted by Crippen LogP contribution is 2.32. The molecular formula is C12H14N2O2S. The van der Waals surface area contributed by atoms with Gasteiger partial charge in [-0.2, -0.15) is 0 Å². The van der Waals surface area contributed by atoms with Crippen molar-refractivity contribution < 1.29 is 9.84 Å². The molecule has 0 aromatic carbocycles. The number of pyridine rings is 1. The third-order valence-electron chi connectivity index (χ3n) is 2.47. The molecule has 0 bridgehead atoms. The second-order valence-electron chi connectivity index (χ2n) is 3.68. The zero-order valence-electron chi connectivity index (χ0n) is 9.97. The lowest BCUT2D eigenvalue weighted by molar-refractivity contribution is 0.212. The monoisotopic (exact) mass is 250 g/mol. The van der Waals surface area contributed by atoms with Gasteiger partial charge in [-0.15, -0.1) is 11.3 Å². The summed E-state index contributed by atoms with van der Waals surface area (Å²) in [5, 5.41) is 11.3. The number of hydrogen-bond donors (Lipinski definition) is 1. The Morgan fingerprint density at radius 1 is 1.41 bits per heavy atom. The van der Waals surface area contributed by atoms with E-state index in [1.54, 1.807) is 25.4 Å². The summed E-state index contributed by atoms with van der Waals surface area (Å²) >= 11 is 1.48. The van der Waals surface area contributed by atoms with Gasteiger partial charge in [0.2, 0.25) is 0 Å². The van der Waals surface area contributed by atoms with Gasteiger partial charge in [0.15, 0.2) is 0 Å². The smallest absolute Gasteiger partial charge is 0.143 e. The van der Waals surface area contributed by atoms with Crippen molar-refractivity contribution in [2.75, 3.05) is 7.11 Å². The van der Waals surface area contributed by atoms with Crippen molar-refractivity contribution in [1.29, 1.82) is 0 Å². The molecule has 0 radical (unpaired) electrons. The number of rotatable bonds is 3. The van der Waals surface area contributed by atoms with E-state index in [0.717, 1.165) is 15.6 Å². The fourth-order valence-corrected chi connectivity index (χ4v) is 2.62. The molecule has 0 fully saturated rings. The molecule has 4 nitrogen and oxygen atoms in total. The normalized spacial score (nSPS) is 12.5. The number of methoxy groups -OCH3 is 1. The zero-order chi connectivity index (χ0) is 12.4. The average molecular weight is 250 g/mol. The standard InChI is InChI=1S/C12H14N2O2S/c1-7-12(17-8(2)14-7)11(15)10-9(16-3)5-4-6-13-10/h4-6,11,15H,1-3H3. The van der Waals surface area contributed by atoms with Crippen LogP contribution in [0.4, 0.5) is 0 Å². The van der Waals surface area contributed by atoms with Gasteiger partial charge in [0.05, 0.1) is 22.7 Å². The maximum Gasteiger partial charge on any atom is 0.143 e. The highest BCUT2D eigenvalue weighted by Gasteiger charge is 2.21. The number of ether oxygens (including phenoxy) is 1. The highest BCUT2D eigenvalue weighted by atomic mass is 32.1. The van der Waals surface area contributed by atoms with Crippen LogP contribution < -0.4 is 4.74 Å². The minimum atomic E-state index is -0.780. The van der Waals surface area contributed by atoms with E-state index in [-0.39, 0.29) is 0 Å². The molecule has 0 aliphatic rings. The van der Waals surface area contributed by atoms with Gasteiger partial charge in [0.25, 0.3) is 0 Å². The fraction of sp³-hybridized carbons (Fsp3) is 0.333. The number of aryl methyl sites for hydroxylation is 2. The SMILES string of the molecule is COc1cccnc1C(O)c1sc(C)nc1C. The van der Waals surface area contributed by atoms with E-state index < -0.39 is 6.10 Å². The Morgan fingerprint density at radius 2 is 2.18 bits per heavy atom. The molecule has 0 aliphatic heterocycles. The number of aromatic nitrogens is 2. The third kappa shape index (κ3) is 2.30. The first-order valence-electron chi connectivity index (χ1n) is 5.24. The Bertz CT molecular complexity index is 525. The van der Waals surface area contributed by atoms with Crippen LogP contribution in [0.1, 0.15) is 27.4 Å². The quantitative estimate of drug-likeness (QED) is 0.907. The van der Waals surface area contributed by atoms with Crippen molar-refractivity contribution in [2.24, 2.45) is 0 Å². The van der Waals surface area contributed by atoms with E-state index in [2.05, 4.69) is 9.97 Å². The lowest BCUT2D eigenvalue weighted by atomic mass is 10.1. The molecule has 0 amide bonds. The van der Waals surface area contributed by atoms with Crippen LogP contribution in [0.25, 0.3) is 0 Å². The van der Waals surface area contributed by atoms with Gasteiger partial charge in [-0.25, -0.2) is 4.98 Å². The van der Waals surface area contributed by atoms with E-state index in [9.17, 15) is 5.11 Å². The molecule has 1 atom stereocenters. The van der Waals surface area contributed by atoms with Crippen LogP contribution in [0.15, 0.2) is 18.3 Å². The summed E-state index contributed by atoms with van der Waals surface area (Å²) in [5.74, 6) is 0.588. The van der Waals surface area contributed by atoms with E-state index in [1.165, 1.54) is 11.3 Å². The number of aliphatic hydroxyl groups excluding tert-OH is 1. The van der Waals surface area contributed by atoms with Crippen LogP contribution in [-0.4, -0.2) is 22.2 Å². The van der Waals surface area contributed by atoms with Gasteiger partial charge >= 0.3 is 0 Å². The molecule has 2 aromatic rings. The average Bonchev–Trinajstić information content (AvgIpc) is 2.67. The number of nitrogens with zero attached hydrogens (tertiary/aromatic N) is 2. The molecule has 2 aromatic heterocycles. The Kier molecular flexibility index (Phi) is 3.40. The first-order chi connectivity index (χ1) is 8.13. The van der Waals surface area contributed by atoms with E-state index in [4.69, 9.17) is 4.74 Å². The molecule has 0 spiro atoms. The Balaban J connectivity index is 2.43. The van der Waals surface area contributed by atoms with Crippen LogP contribution in [0.3, 0.4) is 0 Å². The Labute approximate surface area is 104 Å². The topological polar surface area (TPSA) is 55.2 Å². The second kappa shape index (κ2) is 4.81. The molecule has 17 heavy (non-hydrogen) atoms. The van der Waals surface area contributed by atoms with Crippen molar-refractivity contribution in [3.8, 4) is 5.75 Å².